The van der Waals surface area contributed by atoms with Gasteiger partial charge in [-0.3, -0.25) is 9.78 Å². The monoisotopic (exact) mass is 469 g/mol. The molecule has 1 aliphatic heterocycles. The Labute approximate surface area is 191 Å². The number of esters is 1. The van der Waals surface area contributed by atoms with Gasteiger partial charge in [0.15, 0.2) is 0 Å². The van der Waals surface area contributed by atoms with Crippen molar-refractivity contribution >= 4 is 17.6 Å². The van der Waals surface area contributed by atoms with Gasteiger partial charge in [0.1, 0.15) is 11.9 Å². The van der Waals surface area contributed by atoms with Gasteiger partial charge in [0.2, 0.25) is 0 Å². The van der Waals surface area contributed by atoms with E-state index >= 15 is 0 Å². The maximum Gasteiger partial charge on any atom is 0.433 e. The van der Waals surface area contributed by atoms with Crippen LogP contribution < -0.4 is 10.6 Å². The fraction of sp³-hybridized carbons (Fsp3) is 0.130. The number of alkyl halides is 3. The van der Waals surface area contributed by atoms with Crippen LogP contribution >= 0.6 is 0 Å². The first-order valence-corrected chi connectivity index (χ1v) is 9.98. The van der Waals surface area contributed by atoms with Crippen LogP contribution in [0.4, 0.5) is 13.2 Å². The van der Waals surface area contributed by atoms with E-state index in [0.29, 0.717) is 16.7 Å². The van der Waals surface area contributed by atoms with Gasteiger partial charge in [0, 0.05) is 29.7 Å². The van der Waals surface area contributed by atoms with Crippen molar-refractivity contribution in [2.45, 2.75) is 12.3 Å². The largest absolute Gasteiger partial charge is 0.465 e. The fourth-order valence-corrected chi connectivity index (χ4v) is 3.23. The zero-order valence-electron chi connectivity index (χ0n) is 17.7. The van der Waals surface area contributed by atoms with Crippen molar-refractivity contribution in [3.05, 3.63) is 90.0 Å². The Bertz CT molecular complexity index is 1270. The molecule has 0 saturated carbocycles. The van der Waals surface area contributed by atoms with Crippen molar-refractivity contribution in [2.24, 2.45) is 0 Å². The number of nitrogens with zero attached hydrogens (tertiary/aromatic N) is 3. The Kier molecular flexibility index (Phi) is 6.17. The summed E-state index contributed by atoms with van der Waals surface area (Å²) in [7, 11) is 1.26. The highest BCUT2D eigenvalue weighted by Crippen LogP contribution is 2.34. The number of pyridine rings is 1. The summed E-state index contributed by atoms with van der Waals surface area (Å²) in [6, 6.07) is 10.0. The predicted molar refractivity (Wildman–Crippen MR) is 116 cm³/mol. The highest BCUT2D eigenvalue weighted by atomic mass is 19.4. The number of dihydropyridines is 1. The number of nitrogens with one attached hydrogen (secondary N) is 2. The van der Waals surface area contributed by atoms with Crippen LogP contribution in [0.3, 0.4) is 0 Å². The summed E-state index contributed by atoms with van der Waals surface area (Å²) < 4.78 is 46.3. The van der Waals surface area contributed by atoms with Crippen molar-refractivity contribution < 1.29 is 27.5 Å². The second-order valence-electron chi connectivity index (χ2n) is 7.18. The van der Waals surface area contributed by atoms with Crippen LogP contribution in [0.15, 0.2) is 73.2 Å². The standard InChI is InChI=1S/C23H18F3N5O3/c1-34-22(33)15-6-4-14(5-7-15)21(32)29-20-9-8-17(13-28-20)31-19(23(24,25)26)11-18(30-31)16-3-2-10-27-12-16/h2-13,20,28H,1H3,(H,29,32). The first-order valence-electron chi connectivity index (χ1n) is 9.98. The molecule has 1 aromatic carbocycles. The number of rotatable bonds is 5. The zero-order chi connectivity index (χ0) is 24.3. The number of carbonyl (C=O) groups is 2. The van der Waals surface area contributed by atoms with Gasteiger partial charge in [-0.1, -0.05) is 0 Å². The minimum absolute atomic E-state index is 0.126. The van der Waals surface area contributed by atoms with Crippen LogP contribution in [-0.4, -0.2) is 39.9 Å². The molecule has 2 aromatic heterocycles. The lowest BCUT2D eigenvalue weighted by Crippen LogP contribution is -2.43. The topological polar surface area (TPSA) is 98.1 Å². The molecule has 34 heavy (non-hydrogen) atoms. The summed E-state index contributed by atoms with van der Waals surface area (Å²) in [5, 5.41) is 9.63. The third-order valence-corrected chi connectivity index (χ3v) is 4.93. The van der Waals surface area contributed by atoms with E-state index in [0.717, 1.165) is 10.7 Å². The molecule has 11 heteroatoms. The summed E-state index contributed by atoms with van der Waals surface area (Å²) >= 11 is 0. The number of allylic oxidation sites excluding steroid dienone is 2. The van der Waals surface area contributed by atoms with Crippen LogP contribution in [0.25, 0.3) is 17.0 Å². The Balaban J connectivity index is 1.49. The number of hydrogen-bond donors (Lipinski definition) is 2. The van der Waals surface area contributed by atoms with E-state index in [1.807, 2.05) is 0 Å². The number of ether oxygens (including phenoxy) is 1. The Morgan fingerprint density at radius 3 is 2.47 bits per heavy atom. The lowest BCUT2D eigenvalue weighted by atomic mass is 10.1. The average Bonchev–Trinajstić information content (AvgIpc) is 3.31. The van der Waals surface area contributed by atoms with Gasteiger partial charge in [0.05, 0.1) is 24.1 Å². The smallest absolute Gasteiger partial charge is 0.433 e. The molecule has 8 nitrogen and oxygen atoms in total. The summed E-state index contributed by atoms with van der Waals surface area (Å²) in [5.41, 5.74) is 0.356. The second kappa shape index (κ2) is 9.22. The van der Waals surface area contributed by atoms with E-state index in [1.54, 1.807) is 12.1 Å². The molecule has 4 rings (SSSR count). The molecule has 0 saturated heterocycles. The summed E-state index contributed by atoms with van der Waals surface area (Å²) in [6.45, 7) is 0. The van der Waals surface area contributed by atoms with Crippen LogP contribution in [0.1, 0.15) is 26.4 Å². The van der Waals surface area contributed by atoms with Crippen LogP contribution in [0.2, 0.25) is 0 Å². The van der Waals surface area contributed by atoms with E-state index in [-0.39, 0.29) is 11.4 Å². The molecule has 0 spiro atoms. The molecular weight excluding hydrogens is 451 g/mol. The van der Waals surface area contributed by atoms with Gasteiger partial charge >= 0.3 is 12.1 Å². The Morgan fingerprint density at radius 2 is 1.88 bits per heavy atom. The SMILES string of the molecule is COC(=O)c1ccc(C(=O)NC2C=CC(n3nc(-c4cccnc4)cc3C(F)(F)F)=CN2)cc1. The molecule has 0 aliphatic carbocycles. The van der Waals surface area contributed by atoms with Crippen LogP contribution in [-0.2, 0) is 10.9 Å². The molecule has 2 N–H and O–H groups in total. The number of methoxy groups -OCH3 is 1. The third kappa shape index (κ3) is 4.82. The number of benzene rings is 1. The van der Waals surface area contributed by atoms with Crippen molar-refractivity contribution in [3.8, 4) is 11.3 Å². The third-order valence-electron chi connectivity index (χ3n) is 4.93. The minimum Gasteiger partial charge on any atom is -0.465 e. The molecular formula is C23H18F3N5O3. The number of carbonyl (C=O) groups excluding carboxylic acids is 2. The highest BCUT2D eigenvalue weighted by Gasteiger charge is 2.37. The molecule has 1 amide bonds. The molecule has 0 radical (unpaired) electrons. The number of hydrogen-bond acceptors (Lipinski definition) is 6. The zero-order valence-corrected chi connectivity index (χ0v) is 17.7. The van der Waals surface area contributed by atoms with Gasteiger partial charge in [-0.05, 0) is 54.6 Å². The maximum absolute atomic E-state index is 13.6. The summed E-state index contributed by atoms with van der Waals surface area (Å²) in [6.07, 6.45) is 1.91. The Morgan fingerprint density at radius 1 is 1.15 bits per heavy atom. The van der Waals surface area contributed by atoms with Gasteiger partial charge in [-0.25, -0.2) is 9.48 Å². The lowest BCUT2D eigenvalue weighted by Gasteiger charge is -2.21. The highest BCUT2D eigenvalue weighted by molar-refractivity contribution is 5.96. The van der Waals surface area contributed by atoms with Gasteiger partial charge in [0.25, 0.3) is 5.91 Å². The van der Waals surface area contributed by atoms with E-state index in [1.165, 1.54) is 62.1 Å². The van der Waals surface area contributed by atoms with E-state index in [4.69, 9.17) is 0 Å². The van der Waals surface area contributed by atoms with Gasteiger partial charge in [-0.2, -0.15) is 18.3 Å². The van der Waals surface area contributed by atoms with Crippen molar-refractivity contribution in [1.82, 2.24) is 25.4 Å². The predicted octanol–water partition coefficient (Wildman–Crippen LogP) is 3.46. The minimum atomic E-state index is -4.64. The van der Waals surface area contributed by atoms with Crippen LogP contribution in [0, 0.1) is 0 Å². The lowest BCUT2D eigenvalue weighted by molar-refractivity contribution is -0.142. The molecule has 1 unspecified atom stereocenters. The molecule has 3 heterocycles. The normalized spacial score (nSPS) is 15.3. The van der Waals surface area contributed by atoms with Gasteiger partial charge in [-0.15, -0.1) is 0 Å². The molecule has 3 aromatic rings. The molecule has 174 valence electrons. The second-order valence-corrected chi connectivity index (χ2v) is 7.18. The molecule has 0 bridgehead atoms. The Hall–Kier alpha value is -4.41. The van der Waals surface area contributed by atoms with E-state index in [2.05, 4.69) is 25.5 Å². The van der Waals surface area contributed by atoms with Gasteiger partial charge < -0.3 is 15.4 Å². The number of halogens is 3. The molecule has 1 aliphatic rings. The van der Waals surface area contributed by atoms with Crippen molar-refractivity contribution in [3.63, 3.8) is 0 Å². The summed E-state index contributed by atoms with van der Waals surface area (Å²) in [4.78, 5) is 27.9. The number of amides is 1. The first kappa shape index (κ1) is 22.8. The van der Waals surface area contributed by atoms with E-state index < -0.39 is 29.9 Å². The quantitative estimate of drug-likeness (QED) is 0.556. The molecule has 1 atom stereocenters. The maximum atomic E-state index is 13.6. The first-order chi connectivity index (χ1) is 16.3. The summed E-state index contributed by atoms with van der Waals surface area (Å²) in [5.74, 6) is -0.964. The number of aromatic nitrogens is 3. The van der Waals surface area contributed by atoms with Crippen molar-refractivity contribution in [1.29, 1.82) is 0 Å². The average molecular weight is 469 g/mol. The van der Waals surface area contributed by atoms with Crippen LogP contribution in [0.5, 0.6) is 0 Å². The fourth-order valence-electron chi connectivity index (χ4n) is 3.23. The van der Waals surface area contributed by atoms with E-state index in [9.17, 15) is 22.8 Å². The molecule has 0 fully saturated rings. The van der Waals surface area contributed by atoms with Crippen molar-refractivity contribution in [2.75, 3.05) is 7.11 Å².